The molecule has 1 heterocycles. The van der Waals surface area contributed by atoms with Gasteiger partial charge in [0.2, 0.25) is 0 Å². The van der Waals surface area contributed by atoms with E-state index in [-0.39, 0.29) is 5.82 Å². The van der Waals surface area contributed by atoms with Crippen LogP contribution in [0.3, 0.4) is 0 Å². The maximum absolute atomic E-state index is 10.2. The Kier molecular flexibility index (Phi) is 3.41. The molecule has 0 aliphatic carbocycles. The zero-order chi connectivity index (χ0) is 9.68. The van der Waals surface area contributed by atoms with Crippen molar-refractivity contribution in [2.24, 2.45) is 0 Å². The van der Waals surface area contributed by atoms with E-state index < -0.39 is 4.92 Å². The molecule has 0 fully saturated rings. The van der Waals surface area contributed by atoms with Gasteiger partial charge < -0.3 is 10.1 Å². The minimum atomic E-state index is -0.540. The van der Waals surface area contributed by atoms with Gasteiger partial charge in [-0.25, -0.2) is 0 Å². The third kappa shape index (κ3) is 2.84. The summed E-state index contributed by atoms with van der Waals surface area (Å²) in [7, 11) is 0. The van der Waals surface area contributed by atoms with Crippen molar-refractivity contribution in [3.05, 3.63) is 34.0 Å². The summed E-state index contributed by atoms with van der Waals surface area (Å²) in [5.74, 6) is 5.39. The van der Waals surface area contributed by atoms with Crippen LogP contribution in [0.15, 0.2) is 18.3 Å². The minimum absolute atomic E-state index is 0.163. The fraction of sp³-hybridized carbons (Fsp3) is 0.125. The number of aromatic nitrogens is 1. The zero-order valence-electron chi connectivity index (χ0n) is 6.53. The van der Waals surface area contributed by atoms with Crippen LogP contribution in [0, 0.1) is 22.0 Å². The van der Waals surface area contributed by atoms with Gasteiger partial charge in [0, 0.05) is 6.07 Å². The first-order valence-electron chi connectivity index (χ1n) is 3.39. The van der Waals surface area contributed by atoms with Crippen LogP contribution in [-0.4, -0.2) is 15.2 Å². The number of nitro groups is 1. The molecule has 0 N–H and O–H groups in total. The van der Waals surface area contributed by atoms with Crippen LogP contribution in [0.2, 0.25) is 0 Å². The Balaban J connectivity index is 2.87. The Hall–Kier alpha value is -1.41. The van der Waals surface area contributed by atoms with Gasteiger partial charge in [0.05, 0.1) is 10.9 Å². The number of halogens is 1. The van der Waals surface area contributed by atoms with Crippen LogP contribution in [-0.2, 0) is 0 Å². The molecule has 0 saturated heterocycles. The molecule has 0 aliphatic heterocycles. The highest BCUT2D eigenvalue weighted by Gasteiger charge is 2.03. The van der Waals surface area contributed by atoms with Crippen molar-refractivity contribution >= 4 is 21.7 Å². The molecule has 0 amide bonds. The summed E-state index contributed by atoms with van der Waals surface area (Å²) in [5.41, 5.74) is 0.671. The number of hydrogen-bond donors (Lipinski definition) is 0. The van der Waals surface area contributed by atoms with Crippen molar-refractivity contribution in [2.75, 3.05) is 5.33 Å². The van der Waals surface area contributed by atoms with Crippen LogP contribution in [0.25, 0.3) is 0 Å². The van der Waals surface area contributed by atoms with E-state index in [9.17, 15) is 10.1 Å². The van der Waals surface area contributed by atoms with E-state index >= 15 is 0 Å². The SMILES string of the molecule is O=[N+]([O-])c1ccc(C#CCBr)cn1. The molecular formula is C8H5BrN2O2. The summed E-state index contributed by atoms with van der Waals surface area (Å²) in [5, 5.41) is 10.8. The lowest BCUT2D eigenvalue weighted by atomic mass is 10.3. The van der Waals surface area contributed by atoms with Gasteiger partial charge in [-0.1, -0.05) is 27.8 Å². The van der Waals surface area contributed by atoms with Crippen LogP contribution in [0.5, 0.6) is 0 Å². The smallest absolute Gasteiger partial charge is 0.358 e. The first-order chi connectivity index (χ1) is 6.24. The molecule has 66 valence electrons. The van der Waals surface area contributed by atoms with Gasteiger partial charge in [-0.15, -0.1) is 0 Å². The van der Waals surface area contributed by atoms with Gasteiger partial charge in [-0.3, -0.25) is 0 Å². The number of pyridine rings is 1. The van der Waals surface area contributed by atoms with Crippen LogP contribution in [0.1, 0.15) is 5.56 Å². The second-order valence-electron chi connectivity index (χ2n) is 2.10. The number of hydrogen-bond acceptors (Lipinski definition) is 3. The third-order valence-electron chi connectivity index (χ3n) is 1.23. The molecule has 0 unspecified atom stereocenters. The summed E-state index contributed by atoms with van der Waals surface area (Å²) >= 11 is 3.14. The molecule has 0 radical (unpaired) electrons. The maximum Gasteiger partial charge on any atom is 0.363 e. The average molecular weight is 241 g/mol. The zero-order valence-corrected chi connectivity index (χ0v) is 8.11. The standard InChI is InChI=1S/C8H5BrN2O2/c9-5-1-2-7-3-4-8(10-6-7)11(12)13/h3-4,6H,5H2. The van der Waals surface area contributed by atoms with E-state index in [1.54, 1.807) is 6.07 Å². The van der Waals surface area contributed by atoms with E-state index in [2.05, 4.69) is 32.8 Å². The van der Waals surface area contributed by atoms with Crippen molar-refractivity contribution in [1.29, 1.82) is 0 Å². The second kappa shape index (κ2) is 4.58. The fourth-order valence-electron chi connectivity index (χ4n) is 0.703. The third-order valence-corrected chi connectivity index (χ3v) is 1.51. The normalized spacial score (nSPS) is 8.69. The predicted molar refractivity (Wildman–Crippen MR) is 51.6 cm³/mol. The van der Waals surface area contributed by atoms with E-state index in [1.807, 2.05) is 0 Å². The highest BCUT2D eigenvalue weighted by Crippen LogP contribution is 2.05. The molecule has 13 heavy (non-hydrogen) atoms. The summed E-state index contributed by atoms with van der Waals surface area (Å²) < 4.78 is 0. The van der Waals surface area contributed by atoms with Crippen molar-refractivity contribution in [3.8, 4) is 11.8 Å². The molecule has 0 aliphatic rings. The van der Waals surface area contributed by atoms with Gasteiger partial charge >= 0.3 is 5.82 Å². The van der Waals surface area contributed by atoms with Gasteiger partial charge in [-0.05, 0) is 16.0 Å². The molecule has 1 aromatic rings. The van der Waals surface area contributed by atoms with Crippen LogP contribution >= 0.6 is 15.9 Å². The van der Waals surface area contributed by atoms with Crippen LogP contribution < -0.4 is 0 Å². The predicted octanol–water partition coefficient (Wildman–Crippen LogP) is 1.74. The maximum atomic E-state index is 10.2. The van der Waals surface area contributed by atoms with E-state index in [0.29, 0.717) is 10.9 Å². The van der Waals surface area contributed by atoms with Crippen molar-refractivity contribution in [2.45, 2.75) is 0 Å². The second-order valence-corrected chi connectivity index (χ2v) is 2.66. The summed E-state index contributed by atoms with van der Waals surface area (Å²) in [6, 6.07) is 2.90. The average Bonchev–Trinajstić information content (AvgIpc) is 2.15. The largest absolute Gasteiger partial charge is 0.363 e. The Labute approximate surface area is 83.3 Å². The fourth-order valence-corrected chi connectivity index (χ4v) is 0.844. The molecule has 5 heteroatoms. The summed E-state index contributed by atoms with van der Waals surface area (Å²) in [4.78, 5) is 13.3. The highest BCUT2D eigenvalue weighted by molar-refractivity contribution is 9.09. The summed E-state index contributed by atoms with van der Waals surface area (Å²) in [6.45, 7) is 0. The van der Waals surface area contributed by atoms with Gasteiger partial charge in [0.15, 0.2) is 6.20 Å². The monoisotopic (exact) mass is 240 g/mol. The Morgan fingerprint density at radius 3 is 2.85 bits per heavy atom. The molecule has 0 saturated carbocycles. The molecule has 0 atom stereocenters. The first-order valence-corrected chi connectivity index (χ1v) is 4.51. The molecule has 0 spiro atoms. The Morgan fingerprint density at radius 2 is 2.38 bits per heavy atom. The van der Waals surface area contributed by atoms with E-state index in [4.69, 9.17) is 0 Å². The quantitative estimate of drug-likeness (QED) is 0.325. The Bertz CT molecular complexity index is 364. The van der Waals surface area contributed by atoms with Gasteiger partial charge in [0.25, 0.3) is 0 Å². The van der Waals surface area contributed by atoms with Crippen molar-refractivity contribution < 1.29 is 4.92 Å². The van der Waals surface area contributed by atoms with Gasteiger partial charge in [-0.2, -0.15) is 0 Å². The van der Waals surface area contributed by atoms with Gasteiger partial charge in [0.1, 0.15) is 0 Å². The van der Waals surface area contributed by atoms with Crippen molar-refractivity contribution in [1.82, 2.24) is 4.98 Å². The highest BCUT2D eigenvalue weighted by atomic mass is 79.9. The molecule has 1 aromatic heterocycles. The first kappa shape index (κ1) is 9.68. The van der Waals surface area contributed by atoms with E-state index in [1.165, 1.54) is 12.3 Å². The number of alkyl halides is 1. The summed E-state index contributed by atoms with van der Waals surface area (Å²) in [6.07, 6.45) is 1.38. The molecule has 1 rings (SSSR count). The number of rotatable bonds is 1. The molecular weight excluding hydrogens is 236 g/mol. The lowest BCUT2D eigenvalue weighted by Gasteiger charge is -1.89. The lowest BCUT2D eigenvalue weighted by molar-refractivity contribution is -0.389. The molecule has 0 aromatic carbocycles. The minimum Gasteiger partial charge on any atom is -0.358 e. The van der Waals surface area contributed by atoms with Crippen LogP contribution in [0.4, 0.5) is 5.82 Å². The number of nitrogens with zero attached hydrogens (tertiary/aromatic N) is 2. The Morgan fingerprint density at radius 1 is 1.62 bits per heavy atom. The lowest BCUT2D eigenvalue weighted by Crippen LogP contribution is -1.91. The topological polar surface area (TPSA) is 56.0 Å². The van der Waals surface area contributed by atoms with Crippen molar-refractivity contribution in [3.63, 3.8) is 0 Å². The van der Waals surface area contributed by atoms with E-state index in [0.717, 1.165) is 0 Å². The molecule has 0 bridgehead atoms. The molecule has 4 nitrogen and oxygen atoms in total.